The van der Waals surface area contributed by atoms with Crippen molar-refractivity contribution in [2.45, 2.75) is 0 Å². The van der Waals surface area contributed by atoms with Crippen LogP contribution in [0.4, 0.5) is 5.82 Å². The third-order valence-corrected chi connectivity index (χ3v) is 1.75. The van der Waals surface area contributed by atoms with E-state index in [0.717, 1.165) is 0 Å². The topological polar surface area (TPSA) is 71.2 Å². The molecule has 6 heteroatoms. The van der Waals surface area contributed by atoms with E-state index in [4.69, 9.17) is 17.3 Å². The van der Waals surface area contributed by atoms with Crippen molar-refractivity contribution in [2.75, 3.05) is 19.8 Å². The number of halogens is 1. The lowest BCUT2D eigenvalue weighted by Crippen LogP contribution is -2.36. The van der Waals surface area contributed by atoms with Crippen LogP contribution in [-0.2, 0) is 0 Å². The molecule has 0 aromatic carbocycles. The monoisotopic (exact) mass is 214 g/mol. The number of nitrogens with zero attached hydrogens (tertiary/aromatic N) is 2. The third-order valence-electron chi connectivity index (χ3n) is 1.45. The van der Waals surface area contributed by atoms with Gasteiger partial charge in [0.1, 0.15) is 5.82 Å². The number of pyridine rings is 1. The first-order valence-electron chi connectivity index (χ1n) is 3.90. The standard InChI is InChI=1S/C8H11ClN4O/c1-13(2)12-8(14)5-3-7(10)11-4-6(5)9/h3-4H,1-2H3,(H2,10,11)(H,12,14). The van der Waals surface area contributed by atoms with Gasteiger partial charge >= 0.3 is 0 Å². The zero-order chi connectivity index (χ0) is 10.7. The van der Waals surface area contributed by atoms with E-state index in [2.05, 4.69) is 10.4 Å². The van der Waals surface area contributed by atoms with Gasteiger partial charge in [-0.1, -0.05) is 11.6 Å². The Morgan fingerprint density at radius 1 is 1.64 bits per heavy atom. The number of nitrogens with two attached hydrogens (primary N) is 1. The summed E-state index contributed by atoms with van der Waals surface area (Å²) in [6.45, 7) is 0. The second-order valence-corrected chi connectivity index (χ2v) is 3.33. The highest BCUT2D eigenvalue weighted by Gasteiger charge is 2.11. The molecular weight excluding hydrogens is 204 g/mol. The molecule has 0 spiro atoms. The molecule has 5 nitrogen and oxygen atoms in total. The van der Waals surface area contributed by atoms with Crippen molar-refractivity contribution < 1.29 is 4.79 Å². The molecule has 0 saturated heterocycles. The van der Waals surface area contributed by atoms with E-state index in [-0.39, 0.29) is 16.7 Å². The van der Waals surface area contributed by atoms with Crippen LogP contribution in [-0.4, -0.2) is 30.0 Å². The lowest BCUT2D eigenvalue weighted by molar-refractivity contribution is 0.0857. The maximum atomic E-state index is 11.5. The highest BCUT2D eigenvalue weighted by molar-refractivity contribution is 6.33. The number of hydrogen-bond acceptors (Lipinski definition) is 4. The smallest absolute Gasteiger partial charge is 0.267 e. The molecule has 1 rings (SSSR count). The molecule has 3 N–H and O–H groups in total. The number of carbonyl (C=O) groups excluding carboxylic acids is 1. The zero-order valence-electron chi connectivity index (χ0n) is 7.91. The average molecular weight is 215 g/mol. The highest BCUT2D eigenvalue weighted by Crippen LogP contribution is 2.16. The van der Waals surface area contributed by atoms with E-state index < -0.39 is 0 Å². The molecule has 1 aromatic heterocycles. The largest absolute Gasteiger partial charge is 0.384 e. The van der Waals surface area contributed by atoms with Gasteiger partial charge in [0.05, 0.1) is 10.6 Å². The Kier molecular flexibility index (Phi) is 3.27. The summed E-state index contributed by atoms with van der Waals surface area (Å²) in [6, 6.07) is 1.43. The highest BCUT2D eigenvalue weighted by atomic mass is 35.5. The normalized spacial score (nSPS) is 10.3. The quantitative estimate of drug-likeness (QED) is 0.705. The molecule has 76 valence electrons. The van der Waals surface area contributed by atoms with Crippen LogP contribution in [0.15, 0.2) is 12.3 Å². The number of hydrazine groups is 1. The van der Waals surface area contributed by atoms with Gasteiger partial charge < -0.3 is 5.73 Å². The Morgan fingerprint density at radius 3 is 2.86 bits per heavy atom. The Bertz CT molecular complexity index is 353. The Labute approximate surface area is 86.8 Å². The summed E-state index contributed by atoms with van der Waals surface area (Å²) >= 11 is 5.78. The van der Waals surface area contributed by atoms with Gasteiger partial charge in [0.2, 0.25) is 0 Å². The van der Waals surface area contributed by atoms with E-state index in [1.54, 1.807) is 14.1 Å². The SMILES string of the molecule is CN(C)NC(=O)c1cc(N)ncc1Cl. The number of anilines is 1. The van der Waals surface area contributed by atoms with Crippen LogP contribution in [0.5, 0.6) is 0 Å². The number of carbonyl (C=O) groups is 1. The van der Waals surface area contributed by atoms with Crippen LogP contribution in [0, 0.1) is 0 Å². The Hall–Kier alpha value is -1.33. The Morgan fingerprint density at radius 2 is 2.29 bits per heavy atom. The van der Waals surface area contributed by atoms with E-state index in [9.17, 15) is 4.79 Å². The van der Waals surface area contributed by atoms with Crippen LogP contribution in [0.3, 0.4) is 0 Å². The molecule has 0 bridgehead atoms. The van der Waals surface area contributed by atoms with Gasteiger partial charge in [-0.2, -0.15) is 0 Å². The van der Waals surface area contributed by atoms with Crippen molar-refractivity contribution in [3.05, 3.63) is 22.8 Å². The van der Waals surface area contributed by atoms with Gasteiger partial charge in [-0.25, -0.2) is 9.99 Å². The summed E-state index contributed by atoms with van der Waals surface area (Å²) in [4.78, 5) is 15.3. The number of hydrogen-bond donors (Lipinski definition) is 2. The van der Waals surface area contributed by atoms with Gasteiger partial charge in [-0.05, 0) is 6.07 Å². The molecule has 0 unspecified atom stereocenters. The van der Waals surface area contributed by atoms with Gasteiger partial charge in [-0.3, -0.25) is 10.2 Å². The number of rotatable bonds is 2. The predicted molar refractivity (Wildman–Crippen MR) is 54.8 cm³/mol. The number of nitrogens with one attached hydrogen (secondary N) is 1. The maximum Gasteiger partial charge on any atom is 0.267 e. The summed E-state index contributed by atoms with van der Waals surface area (Å²) in [6.07, 6.45) is 1.35. The molecule has 0 aliphatic heterocycles. The van der Waals surface area contributed by atoms with Crippen molar-refractivity contribution in [1.29, 1.82) is 0 Å². The molecule has 0 radical (unpaired) electrons. The lowest BCUT2D eigenvalue weighted by atomic mass is 10.2. The molecule has 14 heavy (non-hydrogen) atoms. The van der Waals surface area contributed by atoms with Crippen molar-refractivity contribution in [2.24, 2.45) is 0 Å². The predicted octanol–water partition coefficient (Wildman–Crippen LogP) is 0.524. The molecule has 1 aromatic rings. The van der Waals surface area contributed by atoms with E-state index in [0.29, 0.717) is 5.56 Å². The van der Waals surface area contributed by atoms with Crippen LogP contribution in [0.2, 0.25) is 5.02 Å². The summed E-state index contributed by atoms with van der Waals surface area (Å²) < 4.78 is 0. The summed E-state index contributed by atoms with van der Waals surface area (Å²) in [5.74, 6) is -0.0487. The van der Waals surface area contributed by atoms with Gasteiger partial charge in [0, 0.05) is 20.3 Å². The van der Waals surface area contributed by atoms with Crippen molar-refractivity contribution in [3.8, 4) is 0 Å². The molecule has 0 atom stereocenters. The van der Waals surface area contributed by atoms with Crippen LogP contribution in [0.1, 0.15) is 10.4 Å². The minimum atomic E-state index is -0.311. The average Bonchev–Trinajstić information content (AvgIpc) is 2.08. The molecule has 1 heterocycles. The summed E-state index contributed by atoms with van der Waals surface area (Å²) in [5.41, 5.74) is 8.30. The second-order valence-electron chi connectivity index (χ2n) is 2.92. The molecular formula is C8H11ClN4O. The maximum absolute atomic E-state index is 11.5. The lowest BCUT2D eigenvalue weighted by Gasteiger charge is -2.12. The summed E-state index contributed by atoms with van der Waals surface area (Å²) in [7, 11) is 3.41. The van der Waals surface area contributed by atoms with E-state index >= 15 is 0 Å². The minimum absolute atomic E-state index is 0.262. The Balaban J connectivity index is 2.94. The van der Waals surface area contributed by atoms with Crippen LogP contribution >= 0.6 is 11.6 Å². The first-order chi connectivity index (χ1) is 6.50. The third kappa shape index (κ3) is 2.58. The van der Waals surface area contributed by atoms with Crippen molar-refractivity contribution in [1.82, 2.24) is 15.4 Å². The zero-order valence-corrected chi connectivity index (χ0v) is 8.67. The minimum Gasteiger partial charge on any atom is -0.384 e. The van der Waals surface area contributed by atoms with E-state index in [1.165, 1.54) is 17.3 Å². The van der Waals surface area contributed by atoms with Crippen LogP contribution < -0.4 is 11.2 Å². The van der Waals surface area contributed by atoms with Crippen molar-refractivity contribution >= 4 is 23.3 Å². The van der Waals surface area contributed by atoms with Crippen LogP contribution in [0.25, 0.3) is 0 Å². The molecule has 0 saturated carbocycles. The fourth-order valence-corrected chi connectivity index (χ4v) is 1.08. The van der Waals surface area contributed by atoms with E-state index in [1.807, 2.05) is 0 Å². The van der Waals surface area contributed by atoms with Gasteiger partial charge in [0.15, 0.2) is 0 Å². The number of nitrogen functional groups attached to an aromatic ring is 1. The molecule has 1 amide bonds. The van der Waals surface area contributed by atoms with Gasteiger partial charge in [-0.15, -0.1) is 0 Å². The van der Waals surface area contributed by atoms with Gasteiger partial charge in [0.25, 0.3) is 5.91 Å². The molecule has 0 aliphatic rings. The summed E-state index contributed by atoms with van der Waals surface area (Å²) in [5, 5.41) is 1.80. The molecule has 0 fully saturated rings. The molecule has 0 aliphatic carbocycles. The fourth-order valence-electron chi connectivity index (χ4n) is 0.892. The van der Waals surface area contributed by atoms with Crippen molar-refractivity contribution in [3.63, 3.8) is 0 Å². The number of aromatic nitrogens is 1. The number of amides is 1. The fraction of sp³-hybridized carbons (Fsp3) is 0.250. The first kappa shape index (κ1) is 10.7. The first-order valence-corrected chi connectivity index (χ1v) is 4.28. The second kappa shape index (κ2) is 4.26.